The van der Waals surface area contributed by atoms with Crippen LogP contribution in [0.5, 0.6) is 17.2 Å². The van der Waals surface area contributed by atoms with E-state index in [1.54, 1.807) is 37.3 Å². The van der Waals surface area contributed by atoms with Gasteiger partial charge in [0.2, 0.25) is 0 Å². The molecule has 0 saturated heterocycles. The van der Waals surface area contributed by atoms with Crippen molar-refractivity contribution >= 4 is 11.6 Å². The Morgan fingerprint density at radius 2 is 1.64 bits per heavy atom. The Morgan fingerprint density at radius 3 is 2.20 bits per heavy atom. The minimum absolute atomic E-state index is 0.243. The molecule has 0 fully saturated rings. The zero-order valence-corrected chi connectivity index (χ0v) is 14.0. The van der Waals surface area contributed by atoms with Gasteiger partial charge in [-0.1, -0.05) is 5.16 Å². The van der Waals surface area contributed by atoms with E-state index in [-0.39, 0.29) is 11.6 Å². The molecule has 1 amide bonds. The summed E-state index contributed by atoms with van der Waals surface area (Å²) < 4.78 is 16.1. The average Bonchev–Trinajstić information content (AvgIpc) is 3.05. The van der Waals surface area contributed by atoms with Gasteiger partial charge in [0.05, 0.1) is 6.61 Å². The van der Waals surface area contributed by atoms with Crippen molar-refractivity contribution in [3.05, 3.63) is 66.1 Å². The van der Waals surface area contributed by atoms with Gasteiger partial charge in [-0.3, -0.25) is 4.79 Å². The second-order valence-corrected chi connectivity index (χ2v) is 5.31. The van der Waals surface area contributed by atoms with Crippen molar-refractivity contribution in [2.24, 2.45) is 0 Å². The Morgan fingerprint density at radius 1 is 1.04 bits per heavy atom. The Balaban J connectivity index is 1.61. The molecule has 3 rings (SSSR count). The van der Waals surface area contributed by atoms with Gasteiger partial charge in [-0.25, -0.2) is 0 Å². The first-order valence-corrected chi connectivity index (χ1v) is 7.89. The van der Waals surface area contributed by atoms with Gasteiger partial charge in [-0.2, -0.15) is 0 Å². The average molecular weight is 338 g/mol. The van der Waals surface area contributed by atoms with Crippen molar-refractivity contribution in [2.45, 2.75) is 13.8 Å². The van der Waals surface area contributed by atoms with Crippen LogP contribution in [0.1, 0.15) is 23.2 Å². The van der Waals surface area contributed by atoms with Crippen molar-refractivity contribution in [1.29, 1.82) is 0 Å². The van der Waals surface area contributed by atoms with E-state index < -0.39 is 0 Å². The highest BCUT2D eigenvalue weighted by atomic mass is 16.5. The summed E-state index contributed by atoms with van der Waals surface area (Å²) in [4.78, 5) is 12.0. The quantitative estimate of drug-likeness (QED) is 0.720. The van der Waals surface area contributed by atoms with Crippen LogP contribution < -0.4 is 14.8 Å². The van der Waals surface area contributed by atoms with Crippen molar-refractivity contribution in [3.8, 4) is 17.2 Å². The van der Waals surface area contributed by atoms with Crippen LogP contribution in [-0.2, 0) is 0 Å². The molecule has 0 bridgehead atoms. The van der Waals surface area contributed by atoms with E-state index >= 15 is 0 Å². The maximum Gasteiger partial charge on any atom is 0.277 e. The Labute approximate surface area is 145 Å². The van der Waals surface area contributed by atoms with Crippen LogP contribution in [0.25, 0.3) is 0 Å². The van der Waals surface area contributed by atoms with Gasteiger partial charge in [-0.15, -0.1) is 0 Å². The fourth-order valence-corrected chi connectivity index (χ4v) is 2.18. The second kappa shape index (κ2) is 7.53. The van der Waals surface area contributed by atoms with Gasteiger partial charge in [0.15, 0.2) is 5.69 Å². The number of ether oxygens (including phenoxy) is 2. The van der Waals surface area contributed by atoms with E-state index in [1.807, 2.05) is 31.2 Å². The molecule has 0 unspecified atom stereocenters. The minimum Gasteiger partial charge on any atom is -0.494 e. The van der Waals surface area contributed by atoms with Crippen LogP contribution >= 0.6 is 0 Å². The molecule has 25 heavy (non-hydrogen) atoms. The topological polar surface area (TPSA) is 73.6 Å². The van der Waals surface area contributed by atoms with Crippen LogP contribution in [0.15, 0.2) is 59.1 Å². The molecule has 1 aromatic heterocycles. The van der Waals surface area contributed by atoms with E-state index in [0.717, 1.165) is 5.75 Å². The van der Waals surface area contributed by atoms with Gasteiger partial charge >= 0.3 is 0 Å². The van der Waals surface area contributed by atoms with E-state index in [1.165, 1.54) is 0 Å². The first kappa shape index (κ1) is 16.6. The molecular formula is C19H18N2O4. The number of nitrogens with one attached hydrogen (secondary N) is 1. The zero-order chi connectivity index (χ0) is 17.6. The fourth-order valence-electron chi connectivity index (χ4n) is 2.18. The van der Waals surface area contributed by atoms with E-state index in [9.17, 15) is 4.79 Å². The molecule has 128 valence electrons. The number of aromatic nitrogens is 1. The SMILES string of the molecule is CCOc1ccc(Oc2ccc(NC(=O)c3cc(C)on3)cc2)cc1. The molecule has 0 saturated carbocycles. The van der Waals surface area contributed by atoms with E-state index in [2.05, 4.69) is 10.5 Å². The lowest BCUT2D eigenvalue weighted by atomic mass is 10.2. The minimum atomic E-state index is -0.322. The summed E-state index contributed by atoms with van der Waals surface area (Å²) in [6.07, 6.45) is 0. The molecule has 0 aliphatic heterocycles. The summed E-state index contributed by atoms with van der Waals surface area (Å²) in [5.41, 5.74) is 0.886. The molecule has 2 aromatic carbocycles. The summed E-state index contributed by atoms with van der Waals surface area (Å²) >= 11 is 0. The monoisotopic (exact) mass is 338 g/mol. The molecule has 3 aromatic rings. The molecule has 6 nitrogen and oxygen atoms in total. The summed E-state index contributed by atoms with van der Waals surface area (Å²) in [7, 11) is 0. The van der Waals surface area contributed by atoms with E-state index in [0.29, 0.717) is 29.6 Å². The molecule has 0 aliphatic rings. The third-order valence-electron chi connectivity index (χ3n) is 3.34. The molecule has 1 N–H and O–H groups in total. The Kier molecular flexibility index (Phi) is 4.99. The number of amides is 1. The number of hydrogen-bond donors (Lipinski definition) is 1. The zero-order valence-electron chi connectivity index (χ0n) is 14.0. The van der Waals surface area contributed by atoms with Crippen molar-refractivity contribution in [2.75, 3.05) is 11.9 Å². The number of rotatable bonds is 6. The van der Waals surface area contributed by atoms with Crippen molar-refractivity contribution < 1.29 is 18.8 Å². The fraction of sp³-hybridized carbons (Fsp3) is 0.158. The molecule has 1 heterocycles. The highest BCUT2D eigenvalue weighted by Gasteiger charge is 2.11. The predicted molar refractivity (Wildman–Crippen MR) is 93.3 cm³/mol. The van der Waals surface area contributed by atoms with Crippen LogP contribution in [0.2, 0.25) is 0 Å². The van der Waals surface area contributed by atoms with Crippen LogP contribution in [0.3, 0.4) is 0 Å². The first-order chi connectivity index (χ1) is 12.1. The molecule has 0 aliphatic carbocycles. The summed E-state index contributed by atoms with van der Waals surface area (Å²) in [6, 6.07) is 16.0. The van der Waals surface area contributed by atoms with Crippen molar-refractivity contribution in [3.63, 3.8) is 0 Å². The van der Waals surface area contributed by atoms with Gasteiger partial charge in [0.1, 0.15) is 23.0 Å². The molecular weight excluding hydrogens is 320 g/mol. The number of benzene rings is 2. The smallest absolute Gasteiger partial charge is 0.277 e. The normalized spacial score (nSPS) is 10.3. The number of nitrogens with zero attached hydrogens (tertiary/aromatic N) is 1. The second-order valence-electron chi connectivity index (χ2n) is 5.31. The molecule has 0 atom stereocenters. The van der Waals surface area contributed by atoms with Gasteiger partial charge in [0, 0.05) is 11.8 Å². The summed E-state index contributed by atoms with van der Waals surface area (Å²) in [6.45, 7) is 4.30. The maximum absolute atomic E-state index is 12.0. The molecule has 6 heteroatoms. The van der Waals surface area contributed by atoms with Gasteiger partial charge in [-0.05, 0) is 62.4 Å². The maximum atomic E-state index is 12.0. The Hall–Kier alpha value is -3.28. The number of anilines is 1. The largest absolute Gasteiger partial charge is 0.494 e. The number of hydrogen-bond acceptors (Lipinski definition) is 5. The lowest BCUT2D eigenvalue weighted by Gasteiger charge is -2.08. The number of aryl methyl sites for hydroxylation is 1. The third-order valence-corrected chi connectivity index (χ3v) is 3.34. The molecule has 0 radical (unpaired) electrons. The number of carbonyl (C=O) groups excluding carboxylic acids is 1. The van der Waals surface area contributed by atoms with Crippen LogP contribution in [0.4, 0.5) is 5.69 Å². The van der Waals surface area contributed by atoms with Gasteiger partial charge in [0.25, 0.3) is 5.91 Å². The predicted octanol–water partition coefficient (Wildman–Crippen LogP) is 4.43. The Bertz CT molecular complexity index is 839. The number of carbonyl (C=O) groups is 1. The highest BCUT2D eigenvalue weighted by molar-refractivity contribution is 6.02. The first-order valence-electron chi connectivity index (χ1n) is 7.89. The lowest BCUT2D eigenvalue weighted by Crippen LogP contribution is -2.11. The standard InChI is InChI=1S/C19H18N2O4/c1-3-23-15-8-10-17(11-9-15)24-16-6-4-14(5-7-16)20-19(22)18-12-13(2)25-21-18/h4-12H,3H2,1-2H3,(H,20,22). The summed E-state index contributed by atoms with van der Waals surface area (Å²) in [5, 5.41) is 6.43. The van der Waals surface area contributed by atoms with Crippen molar-refractivity contribution in [1.82, 2.24) is 5.16 Å². The summed E-state index contributed by atoms with van der Waals surface area (Å²) in [5.74, 6) is 2.44. The molecule has 0 spiro atoms. The highest BCUT2D eigenvalue weighted by Crippen LogP contribution is 2.25. The third kappa shape index (κ3) is 4.38. The lowest BCUT2D eigenvalue weighted by molar-refractivity contribution is 0.101. The van der Waals surface area contributed by atoms with Crippen LogP contribution in [-0.4, -0.2) is 17.7 Å². The van der Waals surface area contributed by atoms with Gasteiger partial charge < -0.3 is 19.3 Å². The van der Waals surface area contributed by atoms with E-state index in [4.69, 9.17) is 14.0 Å². The van der Waals surface area contributed by atoms with Crippen LogP contribution in [0, 0.1) is 6.92 Å².